The molecule has 0 fully saturated rings. The third-order valence-electron chi connectivity index (χ3n) is 20.5. The minimum absolute atomic E-state index is 0.0404. The quantitative estimate of drug-likeness (QED) is 0.0887. The molecule has 13 aromatic carbocycles. The van der Waals surface area contributed by atoms with Crippen molar-refractivity contribution < 1.29 is 26.3 Å². The predicted octanol–water partition coefficient (Wildman–Crippen LogP) is 23.7. The Kier molecular flexibility index (Phi) is 17.7. The molecule has 562 valence electrons. The van der Waals surface area contributed by atoms with Gasteiger partial charge in [-0.25, -0.2) is 64.8 Å². The second-order valence-electron chi connectivity index (χ2n) is 28.1. The number of alkyl halides is 6. The highest BCUT2D eigenvalue weighted by atomic mass is 19.4. The van der Waals surface area contributed by atoms with Crippen molar-refractivity contribution in [1.82, 2.24) is 73.9 Å². The Balaban J connectivity index is 0.862. The van der Waals surface area contributed by atoms with E-state index in [-0.39, 0.29) is 23.3 Å². The third-order valence-corrected chi connectivity index (χ3v) is 20.5. The van der Waals surface area contributed by atoms with Crippen LogP contribution in [-0.2, 0) is 12.4 Å². The number of halogens is 6. The SMILES string of the molecule is FC(F)(F)c1cc(-c2cc(-n3c4ccc(-c5nc(-c6ccccc6)nc(-c6ccccc6)n5)cc4c4cc(-c5nc(-c6ccccc6)nc(-c6ccccc6)n5)ccc43)nc(-n3c4ccc(-c5nc(-c6ccccc6)nc(-c6ccccc6)n5)cc4c4cc(-c5nc(-c6ccccc6)nc(-c6ccccc6)n5)ccc43)c2)cc(C(F)(F)F)c1. The lowest BCUT2D eigenvalue weighted by atomic mass is 9.99. The summed E-state index contributed by atoms with van der Waals surface area (Å²) in [5.74, 6) is 4.91. The number of benzene rings is 13. The lowest BCUT2D eigenvalue weighted by Gasteiger charge is -2.17. The summed E-state index contributed by atoms with van der Waals surface area (Å²) < 4.78 is 96.2. The van der Waals surface area contributed by atoms with Crippen LogP contribution in [0.15, 0.2) is 346 Å². The molecule has 0 unspecified atom stereocenters. The number of hydrogen-bond acceptors (Lipinski definition) is 13. The Morgan fingerprint density at radius 2 is 0.339 bits per heavy atom. The highest BCUT2D eigenvalue weighted by molar-refractivity contribution is 6.13. The van der Waals surface area contributed by atoms with Gasteiger partial charge in [0.2, 0.25) is 0 Å². The Morgan fingerprint density at radius 1 is 0.161 bits per heavy atom. The number of aromatic nitrogens is 15. The van der Waals surface area contributed by atoms with Gasteiger partial charge < -0.3 is 0 Å². The van der Waals surface area contributed by atoms with Crippen LogP contribution in [0, 0.1) is 0 Å². The molecular weight excluding hydrogens is 1490 g/mol. The van der Waals surface area contributed by atoms with E-state index in [2.05, 4.69) is 0 Å². The summed E-state index contributed by atoms with van der Waals surface area (Å²) in [6.45, 7) is 0. The number of fused-ring (bicyclic) bond motifs is 6. The van der Waals surface area contributed by atoms with Crippen molar-refractivity contribution in [2.45, 2.75) is 12.4 Å². The van der Waals surface area contributed by atoms with Crippen LogP contribution in [0.5, 0.6) is 0 Å². The summed E-state index contributed by atoms with van der Waals surface area (Å²) in [6.07, 6.45) is -10.4. The topological polar surface area (TPSA) is 177 Å². The molecule has 0 saturated heterocycles. The maximum atomic E-state index is 15.4. The van der Waals surface area contributed by atoms with Crippen LogP contribution in [0.2, 0.25) is 0 Å². The number of hydrogen-bond donors (Lipinski definition) is 0. The monoisotopic (exact) mass is 1550 g/mol. The molecule has 0 aliphatic rings. The highest BCUT2D eigenvalue weighted by Crippen LogP contribution is 2.45. The van der Waals surface area contributed by atoms with Crippen molar-refractivity contribution in [3.05, 3.63) is 357 Å². The molecule has 20 aromatic rings. The second-order valence-corrected chi connectivity index (χ2v) is 28.1. The fourth-order valence-electron chi connectivity index (χ4n) is 14.9. The first-order valence-electron chi connectivity index (χ1n) is 37.7. The Labute approximate surface area is 668 Å². The zero-order valence-corrected chi connectivity index (χ0v) is 61.9. The molecule has 0 bridgehead atoms. The third kappa shape index (κ3) is 13.7. The molecular formula is C97H57F6N15. The van der Waals surface area contributed by atoms with Crippen LogP contribution in [0.4, 0.5) is 26.3 Å². The summed E-state index contributed by atoms with van der Waals surface area (Å²) in [5, 5.41) is 2.48. The zero-order chi connectivity index (χ0) is 79.6. The van der Waals surface area contributed by atoms with E-state index in [1.807, 2.05) is 325 Å². The van der Waals surface area contributed by atoms with Gasteiger partial charge in [0.05, 0.1) is 33.2 Å². The van der Waals surface area contributed by atoms with Crippen molar-refractivity contribution in [3.63, 3.8) is 0 Å². The summed E-state index contributed by atoms with van der Waals surface area (Å²) in [5.41, 5.74) is 6.96. The van der Waals surface area contributed by atoms with Gasteiger partial charge >= 0.3 is 12.4 Å². The van der Waals surface area contributed by atoms with Gasteiger partial charge in [-0.05, 0) is 114 Å². The first kappa shape index (κ1) is 71.3. The highest BCUT2D eigenvalue weighted by Gasteiger charge is 2.38. The van der Waals surface area contributed by atoms with E-state index in [0.717, 1.165) is 56.6 Å². The van der Waals surface area contributed by atoms with E-state index in [4.69, 9.17) is 64.8 Å². The Morgan fingerprint density at radius 3 is 0.525 bits per heavy atom. The molecule has 21 heteroatoms. The predicted molar refractivity (Wildman–Crippen MR) is 447 cm³/mol. The van der Waals surface area contributed by atoms with Crippen LogP contribution in [0.25, 0.3) is 203 Å². The summed E-state index contributed by atoms with van der Waals surface area (Å²) in [6, 6.07) is 104. The van der Waals surface area contributed by atoms with Crippen molar-refractivity contribution in [2.24, 2.45) is 0 Å². The molecule has 118 heavy (non-hydrogen) atoms. The molecule has 0 aliphatic carbocycles. The molecule has 7 heterocycles. The average Bonchev–Trinajstić information content (AvgIpc) is 1.57. The van der Waals surface area contributed by atoms with E-state index in [0.29, 0.717) is 136 Å². The molecule has 0 amide bonds. The number of rotatable bonds is 15. The molecule has 0 N–H and O–H groups in total. The molecule has 20 rings (SSSR count). The van der Waals surface area contributed by atoms with Gasteiger partial charge in [0.15, 0.2) is 69.9 Å². The molecule has 7 aromatic heterocycles. The van der Waals surface area contributed by atoms with Crippen molar-refractivity contribution in [3.8, 4) is 159 Å². The lowest BCUT2D eigenvalue weighted by Crippen LogP contribution is -2.11. The molecule has 0 aliphatic heterocycles. The lowest BCUT2D eigenvalue weighted by molar-refractivity contribution is -0.143. The minimum atomic E-state index is -5.21. The van der Waals surface area contributed by atoms with Gasteiger partial charge in [0.25, 0.3) is 0 Å². The van der Waals surface area contributed by atoms with E-state index in [1.165, 1.54) is 12.1 Å². The van der Waals surface area contributed by atoms with Gasteiger partial charge in [-0.2, -0.15) is 26.3 Å². The van der Waals surface area contributed by atoms with Crippen LogP contribution in [-0.4, -0.2) is 73.9 Å². The normalized spacial score (nSPS) is 11.8. The van der Waals surface area contributed by atoms with Gasteiger partial charge in [-0.1, -0.05) is 243 Å². The Bertz CT molecular complexity index is 6220. The van der Waals surface area contributed by atoms with E-state index >= 15 is 26.3 Å². The van der Waals surface area contributed by atoms with Crippen molar-refractivity contribution in [2.75, 3.05) is 0 Å². The van der Waals surface area contributed by atoms with Gasteiger partial charge in [0, 0.05) is 88.3 Å². The largest absolute Gasteiger partial charge is 0.416 e. The summed E-state index contributed by atoms with van der Waals surface area (Å²) >= 11 is 0. The second kappa shape index (κ2) is 29.3. The van der Waals surface area contributed by atoms with Crippen molar-refractivity contribution in [1.29, 1.82) is 0 Å². The van der Waals surface area contributed by atoms with Gasteiger partial charge in [-0.15, -0.1) is 0 Å². The van der Waals surface area contributed by atoms with Crippen molar-refractivity contribution >= 4 is 43.6 Å². The van der Waals surface area contributed by atoms with E-state index in [9.17, 15) is 0 Å². The number of pyridine rings is 1. The minimum Gasteiger partial charge on any atom is -0.294 e. The van der Waals surface area contributed by atoms with Crippen LogP contribution in [0.1, 0.15) is 11.1 Å². The van der Waals surface area contributed by atoms with Gasteiger partial charge in [-0.3, -0.25) is 9.13 Å². The summed E-state index contributed by atoms with van der Waals surface area (Å²) in [7, 11) is 0. The Hall–Kier alpha value is -15.8. The fraction of sp³-hybridized carbons (Fsp3) is 0.0206. The smallest absolute Gasteiger partial charge is 0.294 e. The van der Waals surface area contributed by atoms with Crippen LogP contribution in [0.3, 0.4) is 0 Å². The zero-order valence-electron chi connectivity index (χ0n) is 61.9. The maximum Gasteiger partial charge on any atom is 0.416 e. The summed E-state index contributed by atoms with van der Waals surface area (Å²) in [4.78, 5) is 66.7. The van der Waals surface area contributed by atoms with E-state index < -0.39 is 29.0 Å². The molecule has 0 atom stereocenters. The maximum absolute atomic E-state index is 15.4. The van der Waals surface area contributed by atoms with Gasteiger partial charge in [0.1, 0.15) is 11.6 Å². The first-order valence-corrected chi connectivity index (χ1v) is 37.7. The van der Waals surface area contributed by atoms with Crippen LogP contribution < -0.4 is 0 Å². The van der Waals surface area contributed by atoms with E-state index in [1.54, 1.807) is 0 Å². The van der Waals surface area contributed by atoms with Crippen LogP contribution >= 0.6 is 0 Å². The molecule has 0 spiro atoms. The molecule has 15 nitrogen and oxygen atoms in total. The molecule has 0 radical (unpaired) electrons. The fourth-order valence-corrected chi connectivity index (χ4v) is 14.9. The first-order chi connectivity index (χ1) is 57.7. The number of nitrogens with zero attached hydrogens (tertiary/aromatic N) is 15. The molecule has 0 saturated carbocycles. The standard InChI is InChI=1S/C97H57F6N15/c98-96(99,100)72-49-70(50-73(57-72)97(101,102)103)71-55-82(117-78-45-41-66(92-109-84(58-25-9-1-10-26-58)105-85(110-92)59-27-11-2-12-28-59)51-74(78)75-52-67(42-46-79(75)117)93-111-86(60-29-13-3-14-30-60)106-87(112-93)61-31-15-4-16-32-61)104-83(56-71)118-80-47-43-68(94-113-88(62-33-17-5-18-34-62)107-89(114-94)63-35-19-6-20-36-63)53-76(80)77-54-69(44-48-81(77)118)95-115-90(64-37-21-7-22-38-64)108-91(116-95)65-39-23-8-24-40-65/h1-57H. The average molecular weight is 1550 g/mol.